The van der Waals surface area contributed by atoms with E-state index in [1.807, 2.05) is 25.2 Å². The zero-order chi connectivity index (χ0) is 19.8. The zero-order valence-corrected chi connectivity index (χ0v) is 17.4. The van der Waals surface area contributed by atoms with Gasteiger partial charge in [-0.1, -0.05) is 25.4 Å². The van der Waals surface area contributed by atoms with Crippen molar-refractivity contribution in [3.8, 4) is 5.75 Å². The van der Waals surface area contributed by atoms with Crippen molar-refractivity contribution in [3.63, 3.8) is 0 Å². The molecule has 1 N–H and O–H groups in total. The molecule has 0 bridgehead atoms. The molecule has 0 amide bonds. The highest BCUT2D eigenvalue weighted by molar-refractivity contribution is 6.32. The molecule has 1 aliphatic heterocycles. The van der Waals surface area contributed by atoms with Gasteiger partial charge >= 0.3 is 0 Å². The number of ether oxygens (including phenoxy) is 1. The number of rotatable bonds is 4. The molecule has 1 aromatic carbocycles. The lowest BCUT2D eigenvalue weighted by atomic mass is 9.92. The molecule has 3 heterocycles. The fraction of sp³-hybridized carbons (Fsp3) is 0.450. The van der Waals surface area contributed by atoms with Crippen molar-refractivity contribution in [2.24, 2.45) is 18.9 Å². The van der Waals surface area contributed by atoms with E-state index in [2.05, 4.69) is 29.2 Å². The van der Waals surface area contributed by atoms with E-state index in [0.29, 0.717) is 22.6 Å². The number of hydrogen-bond acceptors (Lipinski definition) is 6. The number of halogens is 1. The van der Waals surface area contributed by atoms with Gasteiger partial charge in [0.15, 0.2) is 5.65 Å². The monoisotopic (exact) mass is 400 g/mol. The molecule has 8 heteroatoms. The third kappa shape index (κ3) is 3.58. The summed E-state index contributed by atoms with van der Waals surface area (Å²) in [6.45, 7) is 6.48. The Morgan fingerprint density at radius 3 is 2.61 bits per heavy atom. The van der Waals surface area contributed by atoms with Gasteiger partial charge < -0.3 is 15.0 Å². The maximum absolute atomic E-state index is 6.28. The predicted octanol–water partition coefficient (Wildman–Crippen LogP) is 4.25. The molecule has 148 valence electrons. The molecule has 2 atom stereocenters. The van der Waals surface area contributed by atoms with Gasteiger partial charge in [-0.3, -0.25) is 4.68 Å². The van der Waals surface area contributed by atoms with Crippen LogP contribution in [0, 0.1) is 11.8 Å². The maximum Gasteiger partial charge on any atom is 0.229 e. The fourth-order valence-electron chi connectivity index (χ4n) is 3.95. The SMILES string of the molecule is COc1ccc(Nc2nc(N3CC(C)CC(C)C3)nc3c2cnn3C)cc1Cl. The Kier molecular flexibility index (Phi) is 5.02. The van der Waals surface area contributed by atoms with Gasteiger partial charge in [-0.05, 0) is 36.5 Å². The summed E-state index contributed by atoms with van der Waals surface area (Å²) in [5.74, 6) is 3.33. The molecule has 2 unspecified atom stereocenters. The molecule has 0 saturated carbocycles. The van der Waals surface area contributed by atoms with Crippen LogP contribution >= 0.6 is 11.6 Å². The molecule has 0 spiro atoms. The number of piperidine rings is 1. The molecule has 7 nitrogen and oxygen atoms in total. The van der Waals surface area contributed by atoms with Crippen LogP contribution < -0.4 is 15.0 Å². The number of aryl methyl sites for hydroxylation is 1. The first-order valence-corrected chi connectivity index (χ1v) is 9.87. The highest BCUT2D eigenvalue weighted by Crippen LogP contribution is 2.32. The minimum absolute atomic E-state index is 0.544. The van der Waals surface area contributed by atoms with Crippen LogP contribution in [0.25, 0.3) is 11.0 Å². The summed E-state index contributed by atoms with van der Waals surface area (Å²) in [7, 11) is 3.50. The molecule has 4 rings (SSSR count). The van der Waals surface area contributed by atoms with Crippen LogP contribution in [0.1, 0.15) is 20.3 Å². The Morgan fingerprint density at radius 1 is 1.18 bits per heavy atom. The molecule has 0 radical (unpaired) electrons. The quantitative estimate of drug-likeness (QED) is 0.706. The van der Waals surface area contributed by atoms with E-state index in [0.717, 1.165) is 41.6 Å². The Balaban J connectivity index is 1.74. The van der Waals surface area contributed by atoms with Crippen LogP contribution in [0.5, 0.6) is 5.75 Å². The van der Waals surface area contributed by atoms with Crippen molar-refractivity contribution >= 4 is 40.1 Å². The van der Waals surface area contributed by atoms with Crippen molar-refractivity contribution in [2.75, 3.05) is 30.4 Å². The third-order valence-electron chi connectivity index (χ3n) is 5.15. The van der Waals surface area contributed by atoms with Gasteiger partial charge in [-0.2, -0.15) is 15.1 Å². The van der Waals surface area contributed by atoms with Crippen molar-refractivity contribution in [3.05, 3.63) is 29.4 Å². The maximum atomic E-state index is 6.28. The van der Waals surface area contributed by atoms with Crippen LogP contribution in [0.15, 0.2) is 24.4 Å². The van der Waals surface area contributed by atoms with Gasteiger partial charge in [0.05, 0.1) is 23.7 Å². The van der Waals surface area contributed by atoms with Crippen molar-refractivity contribution < 1.29 is 4.74 Å². The second-order valence-electron chi connectivity index (χ2n) is 7.70. The first-order valence-electron chi connectivity index (χ1n) is 9.50. The average molecular weight is 401 g/mol. The summed E-state index contributed by atoms with van der Waals surface area (Å²) >= 11 is 6.28. The number of benzene rings is 1. The molecular formula is C20H25ClN6O. The normalized spacial score (nSPS) is 19.8. The molecule has 1 fully saturated rings. The number of nitrogens with one attached hydrogen (secondary N) is 1. The van der Waals surface area contributed by atoms with Crippen molar-refractivity contribution in [1.82, 2.24) is 19.7 Å². The summed E-state index contributed by atoms with van der Waals surface area (Å²) in [6, 6.07) is 5.58. The third-order valence-corrected chi connectivity index (χ3v) is 5.44. The number of methoxy groups -OCH3 is 1. The highest BCUT2D eigenvalue weighted by Gasteiger charge is 2.25. The topological polar surface area (TPSA) is 68.1 Å². The van der Waals surface area contributed by atoms with E-state index in [1.54, 1.807) is 18.0 Å². The van der Waals surface area contributed by atoms with Crippen molar-refractivity contribution in [2.45, 2.75) is 20.3 Å². The van der Waals surface area contributed by atoms with Gasteiger partial charge in [0.2, 0.25) is 5.95 Å². The summed E-state index contributed by atoms with van der Waals surface area (Å²) in [5.41, 5.74) is 1.64. The van der Waals surface area contributed by atoms with E-state index in [9.17, 15) is 0 Å². The number of fused-ring (bicyclic) bond motifs is 1. The molecule has 3 aromatic rings. The van der Waals surface area contributed by atoms with E-state index in [-0.39, 0.29) is 0 Å². The molecule has 1 aliphatic rings. The first kappa shape index (κ1) is 18.8. The summed E-state index contributed by atoms with van der Waals surface area (Å²) in [6.07, 6.45) is 3.02. The van der Waals surface area contributed by atoms with E-state index in [4.69, 9.17) is 26.3 Å². The molecular weight excluding hydrogens is 376 g/mol. The fourth-order valence-corrected chi connectivity index (χ4v) is 4.21. The van der Waals surface area contributed by atoms with Gasteiger partial charge in [0.25, 0.3) is 0 Å². The van der Waals surface area contributed by atoms with Gasteiger partial charge in [-0.15, -0.1) is 0 Å². The van der Waals surface area contributed by atoms with E-state index >= 15 is 0 Å². The average Bonchev–Trinajstić information content (AvgIpc) is 3.02. The van der Waals surface area contributed by atoms with Crippen LogP contribution in [-0.2, 0) is 7.05 Å². The molecule has 2 aromatic heterocycles. The number of hydrogen-bond donors (Lipinski definition) is 1. The van der Waals surface area contributed by atoms with Crippen molar-refractivity contribution in [1.29, 1.82) is 0 Å². The Bertz CT molecular complexity index is 994. The molecule has 1 saturated heterocycles. The number of anilines is 3. The lowest BCUT2D eigenvalue weighted by Gasteiger charge is -2.35. The lowest BCUT2D eigenvalue weighted by molar-refractivity contribution is 0.354. The van der Waals surface area contributed by atoms with Gasteiger partial charge in [0.1, 0.15) is 11.6 Å². The molecule has 28 heavy (non-hydrogen) atoms. The van der Waals surface area contributed by atoms with Crippen LogP contribution in [0.4, 0.5) is 17.5 Å². The Labute approximate surface area is 169 Å². The van der Waals surface area contributed by atoms with Gasteiger partial charge in [0, 0.05) is 25.8 Å². The Morgan fingerprint density at radius 2 is 1.93 bits per heavy atom. The summed E-state index contributed by atoms with van der Waals surface area (Å²) in [5, 5.41) is 9.17. The standard InChI is InChI=1S/C20H25ClN6O/c1-12-7-13(2)11-27(10-12)20-24-18(15-9-22-26(3)19(15)25-20)23-14-5-6-17(28-4)16(21)8-14/h5-6,8-9,12-13H,7,10-11H2,1-4H3,(H,23,24,25). The van der Waals surface area contributed by atoms with E-state index in [1.165, 1.54) is 6.42 Å². The lowest BCUT2D eigenvalue weighted by Crippen LogP contribution is -2.39. The molecule has 0 aliphatic carbocycles. The highest BCUT2D eigenvalue weighted by atomic mass is 35.5. The minimum Gasteiger partial charge on any atom is -0.495 e. The largest absolute Gasteiger partial charge is 0.495 e. The second kappa shape index (κ2) is 7.47. The predicted molar refractivity (Wildman–Crippen MR) is 113 cm³/mol. The first-order chi connectivity index (χ1) is 13.4. The summed E-state index contributed by atoms with van der Waals surface area (Å²) < 4.78 is 7.02. The summed E-state index contributed by atoms with van der Waals surface area (Å²) in [4.78, 5) is 11.9. The van der Waals surface area contributed by atoms with Crippen LogP contribution in [-0.4, -0.2) is 39.9 Å². The zero-order valence-electron chi connectivity index (χ0n) is 16.6. The van der Waals surface area contributed by atoms with Crippen LogP contribution in [0.3, 0.4) is 0 Å². The Hall–Kier alpha value is -2.54. The van der Waals surface area contributed by atoms with E-state index < -0.39 is 0 Å². The van der Waals surface area contributed by atoms with Crippen LogP contribution in [0.2, 0.25) is 5.02 Å². The minimum atomic E-state index is 0.544. The smallest absolute Gasteiger partial charge is 0.229 e. The second-order valence-corrected chi connectivity index (χ2v) is 8.11. The van der Waals surface area contributed by atoms with Gasteiger partial charge in [-0.25, -0.2) is 0 Å². The number of nitrogens with zero attached hydrogens (tertiary/aromatic N) is 5. The number of aromatic nitrogens is 4.